The van der Waals surface area contributed by atoms with E-state index in [9.17, 15) is 14.4 Å². The molecule has 1 saturated heterocycles. The van der Waals surface area contributed by atoms with Crippen LogP contribution in [0.5, 0.6) is 5.75 Å². The highest BCUT2D eigenvalue weighted by molar-refractivity contribution is 6.44. The first kappa shape index (κ1) is 20.6. The molecule has 4 amide bonds. The number of benzene rings is 1. The maximum atomic E-state index is 12.8. The molecule has 1 aromatic rings. The molecule has 1 saturated carbocycles. The van der Waals surface area contributed by atoms with Gasteiger partial charge in [-0.3, -0.25) is 19.4 Å². The minimum atomic E-state index is -0.742. The molecule has 0 N–H and O–H groups in total. The van der Waals surface area contributed by atoms with Gasteiger partial charge in [0.2, 0.25) is 0 Å². The molecule has 0 aromatic heterocycles. The van der Waals surface area contributed by atoms with Gasteiger partial charge < -0.3 is 4.74 Å². The molecule has 1 heterocycles. The Kier molecular flexibility index (Phi) is 6.57. The highest BCUT2D eigenvalue weighted by atomic mass is 35.5. The van der Waals surface area contributed by atoms with Gasteiger partial charge in [-0.15, -0.1) is 0 Å². The van der Waals surface area contributed by atoms with Crippen LogP contribution in [0, 0.1) is 5.92 Å². The summed E-state index contributed by atoms with van der Waals surface area (Å²) in [6.45, 7) is 2.97. The maximum absolute atomic E-state index is 12.8. The summed E-state index contributed by atoms with van der Waals surface area (Å²) in [6, 6.07) is 6.36. The smallest absolute Gasteiger partial charge is 0.335 e. The minimum absolute atomic E-state index is 0.0605. The molecular weight excluding hydrogens is 382 g/mol. The van der Waals surface area contributed by atoms with E-state index >= 15 is 0 Å². The van der Waals surface area contributed by atoms with Gasteiger partial charge in [-0.25, -0.2) is 9.69 Å². The summed E-state index contributed by atoms with van der Waals surface area (Å²) >= 11 is 5.84. The predicted molar refractivity (Wildman–Crippen MR) is 105 cm³/mol. The van der Waals surface area contributed by atoms with Gasteiger partial charge in [0.1, 0.15) is 12.4 Å². The Morgan fingerprint density at radius 3 is 2.46 bits per heavy atom. The van der Waals surface area contributed by atoms with Crippen LogP contribution in [0.2, 0.25) is 5.02 Å². The Morgan fingerprint density at radius 1 is 1.11 bits per heavy atom. The Balaban J connectivity index is 1.54. The summed E-state index contributed by atoms with van der Waals surface area (Å²) in [5, 5.41) is 0.636. The molecule has 1 aliphatic carbocycles. The first-order valence-electron chi connectivity index (χ1n) is 9.64. The molecule has 2 fully saturated rings. The average molecular weight is 408 g/mol. The van der Waals surface area contributed by atoms with E-state index in [0.29, 0.717) is 23.9 Å². The molecule has 152 valence electrons. The fourth-order valence-corrected chi connectivity index (χ4v) is 3.91. The molecule has 0 radical (unpaired) electrons. The summed E-state index contributed by atoms with van der Waals surface area (Å²) in [4.78, 5) is 41.6. The van der Waals surface area contributed by atoms with Gasteiger partial charge >= 0.3 is 17.8 Å². The lowest BCUT2D eigenvalue weighted by molar-refractivity contribution is -0.145. The second kappa shape index (κ2) is 8.92. The first-order valence-corrected chi connectivity index (χ1v) is 10.0. The normalized spacial score (nSPS) is 23.1. The number of carbonyl (C=O) groups excluding carboxylic acids is 3. The molecule has 7 nitrogen and oxygen atoms in total. The van der Waals surface area contributed by atoms with Crippen LogP contribution in [0.15, 0.2) is 24.3 Å². The van der Waals surface area contributed by atoms with Crippen molar-refractivity contribution in [1.29, 1.82) is 0 Å². The largest absolute Gasteiger partial charge is 0.492 e. The molecule has 2 atom stereocenters. The molecular formula is C20H26ClN3O4. The van der Waals surface area contributed by atoms with Crippen molar-refractivity contribution in [2.45, 2.75) is 38.6 Å². The van der Waals surface area contributed by atoms with E-state index in [4.69, 9.17) is 16.3 Å². The molecule has 3 rings (SSSR count). The van der Waals surface area contributed by atoms with Crippen molar-refractivity contribution < 1.29 is 19.1 Å². The summed E-state index contributed by atoms with van der Waals surface area (Å²) in [7, 11) is 1.78. The fourth-order valence-electron chi connectivity index (χ4n) is 3.78. The number of rotatable bonds is 7. The quantitative estimate of drug-likeness (QED) is 0.513. The first-order chi connectivity index (χ1) is 13.4. The number of likely N-dealkylation sites (N-methyl/N-ethyl adjacent to an activating group) is 1. The predicted octanol–water partition coefficient (Wildman–Crippen LogP) is 2.98. The van der Waals surface area contributed by atoms with Crippen molar-refractivity contribution in [2.24, 2.45) is 5.92 Å². The monoisotopic (exact) mass is 407 g/mol. The Hall–Kier alpha value is -2.12. The second-order valence-corrected chi connectivity index (χ2v) is 7.98. The number of hydrogen-bond donors (Lipinski definition) is 0. The van der Waals surface area contributed by atoms with E-state index < -0.39 is 17.8 Å². The van der Waals surface area contributed by atoms with Crippen molar-refractivity contribution in [3.8, 4) is 5.75 Å². The number of amides is 4. The molecule has 1 aliphatic heterocycles. The zero-order valence-corrected chi connectivity index (χ0v) is 17.0. The molecule has 2 unspecified atom stereocenters. The Bertz CT molecular complexity index is 739. The van der Waals surface area contributed by atoms with Gasteiger partial charge in [0.25, 0.3) is 0 Å². The van der Waals surface area contributed by atoms with Crippen molar-refractivity contribution in [1.82, 2.24) is 14.7 Å². The number of halogens is 1. The fraction of sp³-hybridized carbons (Fsp3) is 0.550. The van der Waals surface area contributed by atoms with E-state index in [1.807, 2.05) is 6.92 Å². The summed E-state index contributed by atoms with van der Waals surface area (Å²) < 4.78 is 5.64. The van der Waals surface area contributed by atoms with Crippen molar-refractivity contribution in [3.63, 3.8) is 0 Å². The van der Waals surface area contributed by atoms with Gasteiger partial charge in [-0.1, -0.05) is 31.4 Å². The van der Waals surface area contributed by atoms with E-state index in [1.165, 1.54) is 4.90 Å². The van der Waals surface area contributed by atoms with Crippen LogP contribution in [-0.4, -0.2) is 65.5 Å². The van der Waals surface area contributed by atoms with Crippen LogP contribution >= 0.6 is 11.6 Å². The lowest BCUT2D eigenvalue weighted by atomic mass is 9.85. The summed E-state index contributed by atoms with van der Waals surface area (Å²) in [5.41, 5.74) is 0. The van der Waals surface area contributed by atoms with Gasteiger partial charge in [0.15, 0.2) is 0 Å². The third-order valence-electron chi connectivity index (χ3n) is 5.42. The Labute approximate surface area is 170 Å². The maximum Gasteiger partial charge on any atom is 0.335 e. The molecule has 2 aliphatic rings. The van der Waals surface area contributed by atoms with Gasteiger partial charge in [-0.05, 0) is 50.1 Å². The van der Waals surface area contributed by atoms with Crippen LogP contribution < -0.4 is 4.74 Å². The molecule has 1 aromatic carbocycles. The molecule has 0 spiro atoms. The standard InChI is InChI=1S/C20H26ClN3O4/c1-14-5-3-4-6-17(14)24-19(26)18(25)23(20(24)27)13-22(2)11-12-28-16-9-7-15(21)8-10-16/h7-10,14,17H,3-6,11-13H2,1-2H3. The van der Waals surface area contributed by atoms with E-state index in [-0.39, 0.29) is 18.6 Å². The third-order valence-corrected chi connectivity index (χ3v) is 5.67. The number of hydrogen-bond acceptors (Lipinski definition) is 5. The van der Waals surface area contributed by atoms with Gasteiger partial charge in [0.05, 0.1) is 6.67 Å². The van der Waals surface area contributed by atoms with Crippen LogP contribution in [0.25, 0.3) is 0 Å². The lowest BCUT2D eigenvalue weighted by Gasteiger charge is -2.34. The number of imide groups is 2. The summed E-state index contributed by atoms with van der Waals surface area (Å²) in [5.74, 6) is -0.526. The molecule has 28 heavy (non-hydrogen) atoms. The third kappa shape index (κ3) is 4.47. The minimum Gasteiger partial charge on any atom is -0.492 e. The lowest BCUT2D eigenvalue weighted by Crippen LogP contribution is -2.47. The number of urea groups is 1. The van der Waals surface area contributed by atoms with Crippen molar-refractivity contribution in [2.75, 3.05) is 26.9 Å². The second-order valence-electron chi connectivity index (χ2n) is 7.54. The highest BCUT2D eigenvalue weighted by Gasteiger charge is 2.49. The van der Waals surface area contributed by atoms with Crippen molar-refractivity contribution in [3.05, 3.63) is 29.3 Å². The van der Waals surface area contributed by atoms with Crippen LogP contribution in [0.3, 0.4) is 0 Å². The topological polar surface area (TPSA) is 70.2 Å². The highest BCUT2D eigenvalue weighted by Crippen LogP contribution is 2.31. The Morgan fingerprint density at radius 2 is 1.79 bits per heavy atom. The van der Waals surface area contributed by atoms with Gasteiger partial charge in [-0.2, -0.15) is 0 Å². The average Bonchev–Trinajstić information content (AvgIpc) is 2.87. The number of nitrogens with zero attached hydrogens (tertiary/aromatic N) is 3. The number of ether oxygens (including phenoxy) is 1. The van der Waals surface area contributed by atoms with E-state index in [1.54, 1.807) is 36.2 Å². The molecule has 8 heteroatoms. The zero-order chi connectivity index (χ0) is 20.3. The summed E-state index contributed by atoms with van der Waals surface area (Å²) in [6.07, 6.45) is 3.81. The molecule has 0 bridgehead atoms. The van der Waals surface area contributed by atoms with E-state index in [2.05, 4.69) is 0 Å². The van der Waals surface area contributed by atoms with Crippen LogP contribution in [-0.2, 0) is 9.59 Å². The SMILES string of the molecule is CC1CCCCC1N1C(=O)C(=O)N(CN(C)CCOc2ccc(Cl)cc2)C1=O. The number of carbonyl (C=O) groups is 3. The van der Waals surface area contributed by atoms with E-state index in [0.717, 1.165) is 30.6 Å². The van der Waals surface area contributed by atoms with Crippen LogP contribution in [0.1, 0.15) is 32.6 Å². The van der Waals surface area contributed by atoms with Crippen LogP contribution in [0.4, 0.5) is 4.79 Å². The zero-order valence-electron chi connectivity index (χ0n) is 16.3. The van der Waals surface area contributed by atoms with Gasteiger partial charge in [0, 0.05) is 17.6 Å². The van der Waals surface area contributed by atoms with Crippen molar-refractivity contribution >= 4 is 29.4 Å².